The second-order valence-electron chi connectivity index (χ2n) is 4.20. The van der Waals surface area contributed by atoms with Crippen LogP contribution in [0.2, 0.25) is 0 Å². The molecule has 5 heteroatoms. The van der Waals surface area contributed by atoms with Gasteiger partial charge in [0, 0.05) is 19.2 Å². The maximum atomic E-state index is 11.9. The SMILES string of the molecule is CN(Cc1ccc(C(N)=O)cc1)C(=O)c1ccco1. The molecule has 2 aromatic rings. The van der Waals surface area contributed by atoms with Crippen LogP contribution in [0.4, 0.5) is 0 Å². The minimum atomic E-state index is -0.466. The molecule has 98 valence electrons. The van der Waals surface area contributed by atoms with Crippen molar-refractivity contribution in [1.82, 2.24) is 4.90 Å². The summed E-state index contributed by atoms with van der Waals surface area (Å²) in [6, 6.07) is 10.1. The van der Waals surface area contributed by atoms with Crippen molar-refractivity contribution in [3.05, 3.63) is 59.5 Å². The van der Waals surface area contributed by atoms with Gasteiger partial charge < -0.3 is 15.1 Å². The summed E-state index contributed by atoms with van der Waals surface area (Å²) in [4.78, 5) is 24.4. The van der Waals surface area contributed by atoms with E-state index >= 15 is 0 Å². The first-order chi connectivity index (χ1) is 9.08. The Morgan fingerprint density at radius 1 is 1.21 bits per heavy atom. The Hall–Kier alpha value is -2.56. The van der Waals surface area contributed by atoms with Crippen LogP contribution >= 0.6 is 0 Å². The van der Waals surface area contributed by atoms with Crippen LogP contribution in [0.3, 0.4) is 0 Å². The highest BCUT2D eigenvalue weighted by molar-refractivity contribution is 5.93. The highest BCUT2D eigenvalue weighted by atomic mass is 16.3. The Labute approximate surface area is 110 Å². The fraction of sp³-hybridized carbons (Fsp3) is 0.143. The quantitative estimate of drug-likeness (QED) is 0.905. The molecule has 0 saturated heterocycles. The number of rotatable bonds is 4. The van der Waals surface area contributed by atoms with Gasteiger partial charge in [-0.15, -0.1) is 0 Å². The number of benzene rings is 1. The van der Waals surface area contributed by atoms with E-state index in [1.54, 1.807) is 43.4 Å². The fourth-order valence-electron chi connectivity index (χ4n) is 1.71. The van der Waals surface area contributed by atoms with Crippen LogP contribution in [0.1, 0.15) is 26.5 Å². The van der Waals surface area contributed by atoms with Crippen molar-refractivity contribution in [3.63, 3.8) is 0 Å². The van der Waals surface area contributed by atoms with Crippen LogP contribution in [0.15, 0.2) is 47.1 Å². The molecule has 0 aliphatic heterocycles. The van der Waals surface area contributed by atoms with Gasteiger partial charge in [0.2, 0.25) is 5.91 Å². The standard InChI is InChI=1S/C14H14N2O3/c1-16(14(18)12-3-2-8-19-12)9-10-4-6-11(7-5-10)13(15)17/h2-8H,9H2,1H3,(H2,15,17). The van der Waals surface area contributed by atoms with Gasteiger partial charge in [0.05, 0.1) is 6.26 Å². The minimum Gasteiger partial charge on any atom is -0.459 e. The summed E-state index contributed by atoms with van der Waals surface area (Å²) in [6.07, 6.45) is 1.46. The number of primary amides is 1. The van der Waals surface area contributed by atoms with Gasteiger partial charge >= 0.3 is 0 Å². The van der Waals surface area contributed by atoms with Crippen molar-refractivity contribution in [1.29, 1.82) is 0 Å². The Bertz CT molecular complexity index is 573. The van der Waals surface area contributed by atoms with Gasteiger partial charge in [-0.05, 0) is 29.8 Å². The summed E-state index contributed by atoms with van der Waals surface area (Å²) in [5.41, 5.74) is 6.52. The second kappa shape index (κ2) is 5.39. The van der Waals surface area contributed by atoms with E-state index in [1.807, 2.05) is 0 Å². The molecule has 1 heterocycles. The Kier molecular flexibility index (Phi) is 3.66. The highest BCUT2D eigenvalue weighted by Crippen LogP contribution is 2.10. The predicted molar refractivity (Wildman–Crippen MR) is 69.5 cm³/mol. The molecular formula is C14H14N2O3. The lowest BCUT2D eigenvalue weighted by Gasteiger charge is -2.15. The van der Waals surface area contributed by atoms with E-state index in [1.165, 1.54) is 11.2 Å². The first-order valence-corrected chi connectivity index (χ1v) is 5.75. The molecule has 0 spiro atoms. The van der Waals surface area contributed by atoms with Gasteiger partial charge in [0.15, 0.2) is 5.76 Å². The molecule has 0 aliphatic rings. The maximum Gasteiger partial charge on any atom is 0.289 e. The predicted octanol–water partition coefficient (Wildman–Crippen LogP) is 1.65. The molecule has 1 aromatic carbocycles. The van der Waals surface area contributed by atoms with Crippen molar-refractivity contribution in [2.24, 2.45) is 5.73 Å². The van der Waals surface area contributed by atoms with Crippen LogP contribution in [0, 0.1) is 0 Å². The molecule has 0 aliphatic carbocycles. The third-order valence-corrected chi connectivity index (χ3v) is 2.74. The van der Waals surface area contributed by atoms with Crippen LogP contribution in [-0.4, -0.2) is 23.8 Å². The number of carbonyl (C=O) groups is 2. The van der Waals surface area contributed by atoms with Crippen molar-refractivity contribution < 1.29 is 14.0 Å². The molecule has 0 radical (unpaired) electrons. The summed E-state index contributed by atoms with van der Waals surface area (Å²) >= 11 is 0. The fourth-order valence-corrected chi connectivity index (χ4v) is 1.71. The Morgan fingerprint density at radius 2 is 1.89 bits per heavy atom. The number of hydrogen-bond donors (Lipinski definition) is 1. The molecule has 2 rings (SSSR count). The Balaban J connectivity index is 2.04. The van der Waals surface area contributed by atoms with Crippen LogP contribution < -0.4 is 5.73 Å². The summed E-state index contributed by atoms with van der Waals surface area (Å²) in [6.45, 7) is 0.429. The molecule has 5 nitrogen and oxygen atoms in total. The van der Waals surface area contributed by atoms with Gasteiger partial charge in [-0.2, -0.15) is 0 Å². The third-order valence-electron chi connectivity index (χ3n) is 2.74. The van der Waals surface area contributed by atoms with E-state index in [-0.39, 0.29) is 5.91 Å². The van der Waals surface area contributed by atoms with Gasteiger partial charge in [-0.3, -0.25) is 9.59 Å². The number of amides is 2. The van der Waals surface area contributed by atoms with E-state index in [0.717, 1.165) is 5.56 Å². The van der Waals surface area contributed by atoms with Gasteiger partial charge in [0.1, 0.15) is 0 Å². The minimum absolute atomic E-state index is 0.191. The summed E-state index contributed by atoms with van der Waals surface area (Å²) in [7, 11) is 1.69. The average Bonchev–Trinajstić information content (AvgIpc) is 2.92. The zero-order valence-electron chi connectivity index (χ0n) is 10.5. The van der Waals surface area contributed by atoms with Gasteiger partial charge in [-0.1, -0.05) is 12.1 Å². The van der Waals surface area contributed by atoms with Crippen molar-refractivity contribution in [3.8, 4) is 0 Å². The molecule has 0 bridgehead atoms. The van der Waals surface area contributed by atoms with Crippen molar-refractivity contribution in [2.75, 3.05) is 7.05 Å². The number of hydrogen-bond acceptors (Lipinski definition) is 3. The number of nitrogens with two attached hydrogens (primary N) is 1. The largest absolute Gasteiger partial charge is 0.459 e. The average molecular weight is 258 g/mol. The highest BCUT2D eigenvalue weighted by Gasteiger charge is 2.14. The first kappa shape index (κ1) is 12.9. The van der Waals surface area contributed by atoms with Crippen molar-refractivity contribution in [2.45, 2.75) is 6.54 Å². The lowest BCUT2D eigenvalue weighted by Crippen LogP contribution is -2.25. The summed E-state index contributed by atoms with van der Waals surface area (Å²) in [5, 5.41) is 0. The summed E-state index contributed by atoms with van der Waals surface area (Å²) in [5.74, 6) is -0.355. The molecule has 0 saturated carbocycles. The second-order valence-corrected chi connectivity index (χ2v) is 4.20. The molecule has 19 heavy (non-hydrogen) atoms. The Morgan fingerprint density at radius 3 is 2.42 bits per heavy atom. The zero-order chi connectivity index (χ0) is 13.8. The lowest BCUT2D eigenvalue weighted by atomic mass is 10.1. The monoisotopic (exact) mass is 258 g/mol. The zero-order valence-corrected chi connectivity index (χ0v) is 10.5. The number of furan rings is 1. The topological polar surface area (TPSA) is 76.5 Å². The lowest BCUT2D eigenvalue weighted by molar-refractivity contribution is 0.0753. The van der Waals surface area contributed by atoms with Crippen LogP contribution in [0.25, 0.3) is 0 Å². The normalized spacial score (nSPS) is 10.2. The van der Waals surface area contributed by atoms with E-state index < -0.39 is 5.91 Å². The molecule has 2 amide bonds. The first-order valence-electron chi connectivity index (χ1n) is 5.75. The molecule has 0 fully saturated rings. The molecule has 0 unspecified atom stereocenters. The van der Waals surface area contributed by atoms with Crippen molar-refractivity contribution >= 4 is 11.8 Å². The molecule has 0 atom stereocenters. The van der Waals surface area contributed by atoms with E-state index in [2.05, 4.69) is 0 Å². The van der Waals surface area contributed by atoms with Crippen LogP contribution in [0.5, 0.6) is 0 Å². The number of nitrogens with zero attached hydrogens (tertiary/aromatic N) is 1. The van der Waals surface area contributed by atoms with Gasteiger partial charge in [0.25, 0.3) is 5.91 Å². The van der Waals surface area contributed by atoms with Gasteiger partial charge in [-0.25, -0.2) is 0 Å². The number of carbonyl (C=O) groups excluding carboxylic acids is 2. The summed E-state index contributed by atoms with van der Waals surface area (Å²) < 4.78 is 5.05. The molecule has 1 aromatic heterocycles. The molecular weight excluding hydrogens is 244 g/mol. The third kappa shape index (κ3) is 3.01. The molecule has 2 N–H and O–H groups in total. The smallest absolute Gasteiger partial charge is 0.289 e. The van der Waals surface area contributed by atoms with Crippen LogP contribution in [-0.2, 0) is 6.54 Å². The maximum absolute atomic E-state index is 11.9. The van der Waals surface area contributed by atoms with E-state index in [9.17, 15) is 9.59 Å². The van der Waals surface area contributed by atoms with E-state index in [4.69, 9.17) is 10.2 Å². The van der Waals surface area contributed by atoms with E-state index in [0.29, 0.717) is 17.9 Å².